The Bertz CT molecular complexity index is 1420. The summed E-state index contributed by atoms with van der Waals surface area (Å²) in [6, 6.07) is 16.5. The Morgan fingerprint density at radius 1 is 1.12 bits per heavy atom. The van der Waals surface area contributed by atoms with Crippen LogP contribution in [0.2, 0.25) is 0 Å². The topological polar surface area (TPSA) is 111 Å². The first-order chi connectivity index (χ1) is 15.8. The smallest absolute Gasteiger partial charge is 0.262 e. The quantitative estimate of drug-likeness (QED) is 0.352. The molecule has 4 aromatic rings. The average Bonchev–Trinajstić information content (AvgIpc) is 3.20. The molecule has 170 valence electrons. The molecule has 3 aromatic carbocycles. The van der Waals surface area contributed by atoms with Crippen molar-refractivity contribution in [2.45, 2.75) is 10.1 Å². The lowest BCUT2D eigenvalue weighted by Gasteiger charge is -2.11. The summed E-state index contributed by atoms with van der Waals surface area (Å²) in [6.07, 6.45) is 0. The number of fused-ring (bicyclic) bond motifs is 1. The van der Waals surface area contributed by atoms with Crippen molar-refractivity contribution in [3.05, 3.63) is 72.5 Å². The number of methoxy groups -OCH3 is 1. The van der Waals surface area contributed by atoms with Crippen molar-refractivity contribution >= 4 is 50.2 Å². The van der Waals surface area contributed by atoms with E-state index in [0.29, 0.717) is 28.2 Å². The van der Waals surface area contributed by atoms with E-state index in [-0.39, 0.29) is 21.8 Å². The van der Waals surface area contributed by atoms with E-state index in [0.717, 1.165) is 11.8 Å². The number of amides is 1. The van der Waals surface area contributed by atoms with Crippen LogP contribution in [0.15, 0.2) is 81.3 Å². The minimum atomic E-state index is -3.91. The zero-order chi connectivity index (χ0) is 23.4. The van der Waals surface area contributed by atoms with E-state index in [1.54, 1.807) is 30.3 Å². The van der Waals surface area contributed by atoms with E-state index in [9.17, 15) is 17.6 Å². The van der Waals surface area contributed by atoms with Crippen LogP contribution in [0, 0.1) is 5.82 Å². The third-order valence-corrected chi connectivity index (χ3v) is 6.63. The highest BCUT2D eigenvalue weighted by atomic mass is 32.2. The van der Waals surface area contributed by atoms with Crippen molar-refractivity contribution in [1.29, 1.82) is 0 Å². The summed E-state index contributed by atoms with van der Waals surface area (Å²) in [4.78, 5) is 16.4. The maximum atomic E-state index is 13.2. The molecule has 11 heteroatoms. The molecule has 1 heterocycles. The molecule has 0 saturated carbocycles. The molecule has 0 spiro atoms. The van der Waals surface area contributed by atoms with E-state index in [2.05, 4.69) is 15.0 Å². The van der Waals surface area contributed by atoms with Gasteiger partial charge in [-0.1, -0.05) is 30.0 Å². The summed E-state index contributed by atoms with van der Waals surface area (Å²) in [5, 5.41) is 2.78. The van der Waals surface area contributed by atoms with Crippen molar-refractivity contribution < 1.29 is 26.8 Å². The van der Waals surface area contributed by atoms with Gasteiger partial charge in [-0.25, -0.2) is 17.8 Å². The maximum Gasteiger partial charge on any atom is 0.262 e. The van der Waals surface area contributed by atoms with Crippen molar-refractivity contribution in [3.8, 4) is 5.75 Å². The summed E-state index contributed by atoms with van der Waals surface area (Å²) >= 11 is 1.03. The number of para-hydroxylation sites is 2. The van der Waals surface area contributed by atoms with Crippen LogP contribution in [0.3, 0.4) is 0 Å². The Hall–Kier alpha value is -3.57. The number of benzene rings is 3. The minimum absolute atomic E-state index is 0.00500. The fraction of sp³-hybridized carbons (Fsp3) is 0.0909. The third kappa shape index (κ3) is 5.44. The molecule has 0 unspecified atom stereocenters. The predicted molar refractivity (Wildman–Crippen MR) is 124 cm³/mol. The number of anilines is 2. The van der Waals surface area contributed by atoms with Gasteiger partial charge in [0.15, 0.2) is 5.58 Å². The molecule has 33 heavy (non-hydrogen) atoms. The van der Waals surface area contributed by atoms with Gasteiger partial charge in [0.05, 0.1) is 23.4 Å². The fourth-order valence-electron chi connectivity index (χ4n) is 2.94. The summed E-state index contributed by atoms with van der Waals surface area (Å²) in [6.45, 7) is 0. The number of oxazole rings is 1. The van der Waals surface area contributed by atoms with Gasteiger partial charge in [-0.15, -0.1) is 0 Å². The van der Waals surface area contributed by atoms with Crippen LogP contribution in [-0.4, -0.2) is 32.2 Å². The first-order valence-corrected chi connectivity index (χ1v) is 12.1. The van der Waals surface area contributed by atoms with Gasteiger partial charge in [0.25, 0.3) is 15.2 Å². The lowest BCUT2D eigenvalue weighted by molar-refractivity contribution is -0.113. The lowest BCUT2D eigenvalue weighted by atomic mass is 10.3. The Morgan fingerprint density at radius 2 is 1.94 bits per heavy atom. The van der Waals surface area contributed by atoms with Gasteiger partial charge in [0, 0.05) is 5.69 Å². The molecular weight excluding hydrogens is 469 g/mol. The van der Waals surface area contributed by atoms with Gasteiger partial charge in [-0.05, 0) is 48.5 Å². The number of hydrogen-bond donors (Lipinski definition) is 2. The second-order valence-corrected chi connectivity index (χ2v) is 9.37. The maximum absolute atomic E-state index is 13.2. The summed E-state index contributed by atoms with van der Waals surface area (Å²) < 4.78 is 52.1. The van der Waals surface area contributed by atoms with E-state index in [4.69, 9.17) is 9.15 Å². The van der Waals surface area contributed by atoms with E-state index < -0.39 is 15.8 Å². The molecule has 0 aliphatic heterocycles. The first-order valence-electron chi connectivity index (χ1n) is 9.59. The van der Waals surface area contributed by atoms with Crippen LogP contribution >= 0.6 is 11.8 Å². The summed E-state index contributed by atoms with van der Waals surface area (Å²) in [5.74, 6) is -0.453. The fourth-order valence-corrected chi connectivity index (χ4v) is 4.67. The molecule has 0 bridgehead atoms. The highest BCUT2D eigenvalue weighted by Gasteiger charge is 2.19. The van der Waals surface area contributed by atoms with Crippen molar-refractivity contribution in [3.63, 3.8) is 0 Å². The normalized spacial score (nSPS) is 11.3. The van der Waals surface area contributed by atoms with Gasteiger partial charge < -0.3 is 14.5 Å². The Balaban J connectivity index is 1.46. The number of halogens is 1. The number of rotatable bonds is 8. The standard InChI is InChI=1S/C22H18FN3O5S2/c1-30-19-8-3-2-7-17(19)26-33(28,29)16-9-10-20-18(12-16)25-22(31-20)32-13-21(27)24-15-6-4-5-14(23)11-15/h2-12,26H,13H2,1H3,(H,24,27). The molecule has 0 radical (unpaired) electrons. The van der Waals surface area contributed by atoms with Gasteiger partial charge in [0.2, 0.25) is 5.91 Å². The largest absolute Gasteiger partial charge is 0.495 e. The molecule has 8 nitrogen and oxygen atoms in total. The van der Waals surface area contributed by atoms with Crippen LogP contribution in [-0.2, 0) is 14.8 Å². The second-order valence-electron chi connectivity index (χ2n) is 6.76. The SMILES string of the molecule is COc1ccccc1NS(=O)(=O)c1ccc2oc(SCC(=O)Nc3cccc(F)c3)nc2c1. The van der Waals surface area contributed by atoms with Crippen molar-refractivity contribution in [2.24, 2.45) is 0 Å². The summed E-state index contributed by atoms with van der Waals surface area (Å²) in [5.41, 5.74) is 1.35. The number of sulfonamides is 1. The lowest BCUT2D eigenvalue weighted by Crippen LogP contribution is -2.14. The van der Waals surface area contributed by atoms with E-state index >= 15 is 0 Å². The molecule has 0 fully saturated rings. The van der Waals surface area contributed by atoms with Crippen LogP contribution in [0.4, 0.5) is 15.8 Å². The van der Waals surface area contributed by atoms with Crippen molar-refractivity contribution in [1.82, 2.24) is 4.98 Å². The van der Waals surface area contributed by atoms with Crippen molar-refractivity contribution in [2.75, 3.05) is 22.9 Å². The molecule has 2 N–H and O–H groups in total. The third-order valence-electron chi connectivity index (χ3n) is 4.44. The molecule has 0 saturated heterocycles. The predicted octanol–water partition coefficient (Wildman–Crippen LogP) is 4.51. The van der Waals surface area contributed by atoms with Crippen LogP contribution in [0.25, 0.3) is 11.1 Å². The van der Waals surface area contributed by atoms with E-state index in [1.807, 2.05) is 0 Å². The van der Waals surface area contributed by atoms with Crippen LogP contribution in [0.1, 0.15) is 0 Å². The molecular formula is C22H18FN3O5S2. The number of hydrogen-bond acceptors (Lipinski definition) is 7. The number of carbonyl (C=O) groups is 1. The zero-order valence-electron chi connectivity index (χ0n) is 17.2. The first kappa shape index (κ1) is 22.6. The molecule has 0 atom stereocenters. The number of aromatic nitrogens is 1. The molecule has 4 rings (SSSR count). The Morgan fingerprint density at radius 3 is 2.73 bits per heavy atom. The Labute approximate surface area is 193 Å². The number of carbonyl (C=O) groups excluding carboxylic acids is 1. The number of nitrogens with zero attached hydrogens (tertiary/aromatic N) is 1. The van der Waals surface area contributed by atoms with Crippen LogP contribution < -0.4 is 14.8 Å². The van der Waals surface area contributed by atoms with Gasteiger partial charge in [0.1, 0.15) is 17.1 Å². The molecule has 1 aromatic heterocycles. The Kier molecular flexibility index (Phi) is 6.52. The monoisotopic (exact) mass is 487 g/mol. The highest BCUT2D eigenvalue weighted by Crippen LogP contribution is 2.29. The molecule has 1 amide bonds. The number of ether oxygens (including phenoxy) is 1. The second kappa shape index (κ2) is 9.51. The van der Waals surface area contributed by atoms with E-state index in [1.165, 1.54) is 43.5 Å². The van der Waals surface area contributed by atoms with Gasteiger partial charge in [-0.3, -0.25) is 9.52 Å². The minimum Gasteiger partial charge on any atom is -0.495 e. The highest BCUT2D eigenvalue weighted by molar-refractivity contribution is 7.99. The summed E-state index contributed by atoms with van der Waals surface area (Å²) in [7, 11) is -2.45. The molecule has 0 aliphatic carbocycles. The number of thioether (sulfide) groups is 1. The van der Waals surface area contributed by atoms with Gasteiger partial charge in [-0.2, -0.15) is 0 Å². The van der Waals surface area contributed by atoms with Gasteiger partial charge >= 0.3 is 0 Å². The number of nitrogens with one attached hydrogen (secondary N) is 2. The zero-order valence-corrected chi connectivity index (χ0v) is 18.9. The van der Waals surface area contributed by atoms with Crippen LogP contribution in [0.5, 0.6) is 5.75 Å². The average molecular weight is 488 g/mol. The molecule has 0 aliphatic rings.